The van der Waals surface area contributed by atoms with Crippen LogP contribution in [0.4, 0.5) is 0 Å². The Labute approximate surface area is 121 Å². The summed E-state index contributed by atoms with van der Waals surface area (Å²) in [5.74, 6) is 0.185. The lowest BCUT2D eigenvalue weighted by molar-refractivity contribution is 0.0696. The van der Waals surface area contributed by atoms with Crippen molar-refractivity contribution in [2.45, 2.75) is 51.1 Å². The monoisotopic (exact) mass is 272 g/mol. The van der Waals surface area contributed by atoms with Gasteiger partial charge in [-0.05, 0) is 49.1 Å². The number of fused-ring (bicyclic) bond motifs is 1. The van der Waals surface area contributed by atoms with Crippen molar-refractivity contribution in [1.82, 2.24) is 10.2 Å². The zero-order chi connectivity index (χ0) is 13.9. The number of carbonyl (C=O) groups is 1. The van der Waals surface area contributed by atoms with E-state index < -0.39 is 0 Å². The first kappa shape index (κ1) is 13.6. The minimum absolute atomic E-state index is 0.185. The Morgan fingerprint density at radius 3 is 2.80 bits per heavy atom. The second-order valence-electron chi connectivity index (χ2n) is 6.12. The van der Waals surface area contributed by atoms with Gasteiger partial charge >= 0.3 is 0 Å². The largest absolute Gasteiger partial charge is 0.339 e. The number of nitrogens with one attached hydrogen (secondary N) is 1. The van der Waals surface area contributed by atoms with Crippen LogP contribution in [0.15, 0.2) is 18.2 Å². The first-order chi connectivity index (χ1) is 9.75. The zero-order valence-corrected chi connectivity index (χ0v) is 12.3. The summed E-state index contributed by atoms with van der Waals surface area (Å²) in [7, 11) is 1.97. The molecule has 0 saturated heterocycles. The van der Waals surface area contributed by atoms with Crippen LogP contribution in [0.1, 0.15) is 53.6 Å². The molecule has 3 rings (SSSR count). The highest BCUT2D eigenvalue weighted by molar-refractivity contribution is 5.94. The number of amides is 1. The second-order valence-corrected chi connectivity index (χ2v) is 6.12. The highest BCUT2D eigenvalue weighted by Gasteiger charge is 2.23. The molecule has 3 heteroatoms. The summed E-state index contributed by atoms with van der Waals surface area (Å²) in [6, 6.07) is 6.66. The van der Waals surface area contributed by atoms with Gasteiger partial charge in [0.1, 0.15) is 0 Å². The summed E-state index contributed by atoms with van der Waals surface area (Å²) in [5, 5.41) is 3.37. The highest BCUT2D eigenvalue weighted by Crippen LogP contribution is 2.24. The van der Waals surface area contributed by atoms with E-state index in [2.05, 4.69) is 17.4 Å². The maximum absolute atomic E-state index is 12.6. The van der Waals surface area contributed by atoms with Gasteiger partial charge in [0.25, 0.3) is 5.91 Å². The van der Waals surface area contributed by atoms with E-state index in [0.29, 0.717) is 6.04 Å². The number of benzene rings is 1. The molecule has 0 radical (unpaired) electrons. The molecule has 1 heterocycles. The van der Waals surface area contributed by atoms with Crippen LogP contribution in [-0.2, 0) is 13.0 Å². The van der Waals surface area contributed by atoms with Crippen molar-refractivity contribution in [3.63, 3.8) is 0 Å². The lowest BCUT2D eigenvalue weighted by Crippen LogP contribution is -2.38. The molecule has 0 unspecified atom stereocenters. The Kier molecular flexibility index (Phi) is 4.06. The van der Waals surface area contributed by atoms with Gasteiger partial charge in [-0.2, -0.15) is 0 Å². The molecule has 1 aromatic rings. The van der Waals surface area contributed by atoms with Crippen LogP contribution >= 0.6 is 0 Å². The molecule has 0 bridgehead atoms. The van der Waals surface area contributed by atoms with Crippen molar-refractivity contribution in [1.29, 1.82) is 0 Å². The van der Waals surface area contributed by atoms with Gasteiger partial charge in [0.15, 0.2) is 0 Å². The predicted octanol–water partition coefficient (Wildman–Crippen LogP) is 2.74. The van der Waals surface area contributed by atoms with Crippen LogP contribution in [-0.4, -0.2) is 30.4 Å². The predicted molar refractivity (Wildman–Crippen MR) is 80.8 cm³/mol. The van der Waals surface area contributed by atoms with Crippen LogP contribution in [0.5, 0.6) is 0 Å². The van der Waals surface area contributed by atoms with Gasteiger partial charge in [-0.15, -0.1) is 0 Å². The van der Waals surface area contributed by atoms with Gasteiger partial charge in [0.05, 0.1) is 0 Å². The van der Waals surface area contributed by atoms with Crippen molar-refractivity contribution in [2.24, 2.45) is 0 Å². The molecule has 1 aromatic carbocycles. The van der Waals surface area contributed by atoms with Crippen molar-refractivity contribution in [3.8, 4) is 0 Å². The molecule has 1 aliphatic carbocycles. The molecule has 2 aliphatic rings. The molecule has 1 fully saturated rings. The molecular weight excluding hydrogens is 248 g/mol. The number of hydrogen-bond donors (Lipinski definition) is 1. The molecule has 3 nitrogen and oxygen atoms in total. The Morgan fingerprint density at radius 1 is 1.20 bits per heavy atom. The highest BCUT2D eigenvalue weighted by atomic mass is 16.2. The van der Waals surface area contributed by atoms with Gasteiger partial charge in [0, 0.05) is 25.2 Å². The summed E-state index contributed by atoms with van der Waals surface area (Å²) in [6.45, 7) is 1.94. The van der Waals surface area contributed by atoms with Crippen LogP contribution in [0.2, 0.25) is 0 Å². The molecule has 0 spiro atoms. The van der Waals surface area contributed by atoms with Gasteiger partial charge in [-0.3, -0.25) is 4.79 Å². The SMILES string of the molecule is CN(C(=O)c1ccc2c(c1)CNCC2)C1CCCCC1. The van der Waals surface area contributed by atoms with Gasteiger partial charge in [-0.25, -0.2) is 0 Å². The van der Waals surface area contributed by atoms with Gasteiger partial charge in [-0.1, -0.05) is 25.3 Å². The quantitative estimate of drug-likeness (QED) is 0.898. The van der Waals surface area contributed by atoms with Crippen LogP contribution in [0.25, 0.3) is 0 Å². The Bertz CT molecular complexity index is 492. The molecule has 0 aromatic heterocycles. The van der Waals surface area contributed by atoms with Gasteiger partial charge in [0.2, 0.25) is 0 Å². The Morgan fingerprint density at radius 2 is 2.00 bits per heavy atom. The van der Waals surface area contributed by atoms with E-state index in [1.54, 1.807) is 0 Å². The van der Waals surface area contributed by atoms with Crippen molar-refractivity contribution >= 4 is 5.91 Å². The maximum Gasteiger partial charge on any atom is 0.253 e. The minimum atomic E-state index is 0.185. The second kappa shape index (κ2) is 5.96. The molecule has 1 saturated carbocycles. The van der Waals surface area contributed by atoms with Crippen molar-refractivity contribution < 1.29 is 4.79 Å². The third kappa shape index (κ3) is 2.73. The van der Waals surface area contributed by atoms with E-state index in [1.165, 1.54) is 30.4 Å². The normalized spacial score (nSPS) is 19.4. The number of carbonyl (C=O) groups excluding carboxylic acids is 1. The van der Waals surface area contributed by atoms with E-state index >= 15 is 0 Å². The van der Waals surface area contributed by atoms with E-state index in [9.17, 15) is 4.79 Å². The smallest absolute Gasteiger partial charge is 0.253 e. The number of nitrogens with zero attached hydrogens (tertiary/aromatic N) is 1. The fraction of sp³-hybridized carbons (Fsp3) is 0.588. The average Bonchev–Trinajstić information content (AvgIpc) is 2.54. The molecule has 1 amide bonds. The minimum Gasteiger partial charge on any atom is -0.339 e. The number of rotatable bonds is 2. The van der Waals surface area contributed by atoms with E-state index in [1.807, 2.05) is 18.0 Å². The summed E-state index contributed by atoms with van der Waals surface area (Å²) in [4.78, 5) is 14.6. The van der Waals surface area contributed by atoms with Crippen LogP contribution < -0.4 is 5.32 Å². The van der Waals surface area contributed by atoms with Crippen molar-refractivity contribution in [3.05, 3.63) is 34.9 Å². The summed E-state index contributed by atoms with van der Waals surface area (Å²) in [6.07, 6.45) is 7.24. The molecule has 1 aliphatic heterocycles. The lowest BCUT2D eigenvalue weighted by atomic mass is 9.93. The first-order valence-electron chi connectivity index (χ1n) is 7.85. The summed E-state index contributed by atoms with van der Waals surface area (Å²) >= 11 is 0. The van der Waals surface area contributed by atoms with Crippen LogP contribution in [0, 0.1) is 0 Å². The Balaban J connectivity index is 1.75. The summed E-state index contributed by atoms with van der Waals surface area (Å²) in [5.41, 5.74) is 3.53. The summed E-state index contributed by atoms with van der Waals surface area (Å²) < 4.78 is 0. The topological polar surface area (TPSA) is 32.3 Å². The van der Waals surface area contributed by atoms with E-state index in [0.717, 1.165) is 37.9 Å². The first-order valence-corrected chi connectivity index (χ1v) is 7.85. The molecular formula is C17H24N2O. The maximum atomic E-state index is 12.6. The third-order valence-corrected chi connectivity index (χ3v) is 4.78. The fourth-order valence-electron chi connectivity index (χ4n) is 3.45. The molecule has 0 atom stereocenters. The lowest BCUT2D eigenvalue weighted by Gasteiger charge is -2.31. The standard InChI is InChI=1S/C17H24N2O/c1-19(16-5-3-2-4-6-16)17(20)14-8-7-13-9-10-18-12-15(13)11-14/h7-8,11,16,18H,2-6,9-10,12H2,1H3. The van der Waals surface area contributed by atoms with E-state index in [-0.39, 0.29) is 5.91 Å². The third-order valence-electron chi connectivity index (χ3n) is 4.78. The van der Waals surface area contributed by atoms with E-state index in [4.69, 9.17) is 0 Å². The van der Waals surface area contributed by atoms with Crippen molar-refractivity contribution in [2.75, 3.05) is 13.6 Å². The van der Waals surface area contributed by atoms with Crippen LogP contribution in [0.3, 0.4) is 0 Å². The van der Waals surface area contributed by atoms with Gasteiger partial charge < -0.3 is 10.2 Å². The Hall–Kier alpha value is -1.35. The average molecular weight is 272 g/mol. The molecule has 1 N–H and O–H groups in total. The molecule has 108 valence electrons. The fourth-order valence-corrected chi connectivity index (χ4v) is 3.45. The number of hydrogen-bond acceptors (Lipinski definition) is 2. The zero-order valence-electron chi connectivity index (χ0n) is 12.3. The molecule has 20 heavy (non-hydrogen) atoms.